The minimum atomic E-state index is -1.02. The second-order valence-corrected chi connectivity index (χ2v) is 3.98. The summed E-state index contributed by atoms with van der Waals surface area (Å²) < 4.78 is 0. The van der Waals surface area contributed by atoms with Crippen molar-refractivity contribution in [1.29, 1.82) is 0 Å². The average molecular weight is 211 g/mol. The highest BCUT2D eigenvalue weighted by Crippen LogP contribution is 2.18. The Labute approximate surface area is 87.4 Å². The largest absolute Gasteiger partial charge is 0.447 e. The standard InChI is InChI=1S/C9H13N3O3/c1-9(2,3)7-11-4-6(5-12-7)14-15-8(10)13/h4-5H,1-3H3,(H2,10,13). The topological polar surface area (TPSA) is 87.3 Å². The molecule has 82 valence electrons. The molecule has 1 aromatic heterocycles. The van der Waals surface area contributed by atoms with Gasteiger partial charge in [-0.1, -0.05) is 20.8 Å². The minimum Gasteiger partial charge on any atom is -0.332 e. The second-order valence-electron chi connectivity index (χ2n) is 3.98. The molecule has 6 nitrogen and oxygen atoms in total. The molecule has 15 heavy (non-hydrogen) atoms. The lowest BCUT2D eigenvalue weighted by Crippen LogP contribution is -2.17. The van der Waals surface area contributed by atoms with Crippen LogP contribution in [0.2, 0.25) is 0 Å². The Morgan fingerprint density at radius 3 is 2.27 bits per heavy atom. The van der Waals surface area contributed by atoms with Gasteiger partial charge >= 0.3 is 6.09 Å². The first-order valence-electron chi connectivity index (χ1n) is 4.36. The molecule has 0 unspecified atom stereocenters. The monoisotopic (exact) mass is 211 g/mol. The van der Waals surface area contributed by atoms with Crippen LogP contribution in [0.5, 0.6) is 5.75 Å². The molecule has 0 atom stereocenters. The first-order chi connectivity index (χ1) is 6.89. The van der Waals surface area contributed by atoms with Crippen LogP contribution in [0.25, 0.3) is 0 Å². The number of rotatable bonds is 2. The van der Waals surface area contributed by atoms with E-state index in [9.17, 15) is 4.79 Å². The summed E-state index contributed by atoms with van der Waals surface area (Å²) in [6.07, 6.45) is 1.81. The van der Waals surface area contributed by atoms with Gasteiger partial charge in [0.05, 0.1) is 12.4 Å². The Kier molecular flexibility index (Phi) is 3.08. The Morgan fingerprint density at radius 1 is 1.33 bits per heavy atom. The van der Waals surface area contributed by atoms with E-state index < -0.39 is 6.09 Å². The van der Waals surface area contributed by atoms with Crippen LogP contribution >= 0.6 is 0 Å². The fourth-order valence-electron chi connectivity index (χ4n) is 0.836. The van der Waals surface area contributed by atoms with Crippen LogP contribution in [-0.4, -0.2) is 16.1 Å². The van der Waals surface area contributed by atoms with Crippen LogP contribution in [-0.2, 0) is 10.3 Å². The van der Waals surface area contributed by atoms with Gasteiger partial charge in [-0.15, -0.1) is 0 Å². The summed E-state index contributed by atoms with van der Waals surface area (Å²) in [6, 6.07) is 0. The van der Waals surface area contributed by atoms with Crippen molar-refractivity contribution in [2.75, 3.05) is 0 Å². The number of carbonyl (C=O) groups excluding carboxylic acids is 1. The third-order valence-corrected chi connectivity index (χ3v) is 1.52. The number of carbonyl (C=O) groups is 1. The molecule has 1 rings (SSSR count). The fraction of sp³-hybridized carbons (Fsp3) is 0.444. The number of nitrogens with zero attached hydrogens (tertiary/aromatic N) is 2. The minimum absolute atomic E-state index is 0.136. The van der Waals surface area contributed by atoms with Crippen LogP contribution in [0.1, 0.15) is 26.6 Å². The molecule has 0 aliphatic rings. The van der Waals surface area contributed by atoms with Crippen molar-refractivity contribution in [2.45, 2.75) is 26.2 Å². The lowest BCUT2D eigenvalue weighted by atomic mass is 9.96. The first kappa shape index (κ1) is 11.2. The number of amides is 1. The van der Waals surface area contributed by atoms with E-state index in [0.29, 0.717) is 5.82 Å². The van der Waals surface area contributed by atoms with Crippen LogP contribution in [0.4, 0.5) is 4.79 Å². The van der Waals surface area contributed by atoms with Crippen molar-refractivity contribution in [1.82, 2.24) is 9.97 Å². The van der Waals surface area contributed by atoms with Crippen LogP contribution < -0.4 is 10.6 Å². The molecular formula is C9H13N3O3. The SMILES string of the molecule is CC(C)(C)c1ncc(OOC(N)=O)cn1. The van der Waals surface area contributed by atoms with Gasteiger partial charge in [-0.2, -0.15) is 0 Å². The molecule has 6 heteroatoms. The summed E-state index contributed by atoms with van der Waals surface area (Å²) in [5, 5.41) is 0. The Balaban J connectivity index is 2.69. The zero-order valence-electron chi connectivity index (χ0n) is 8.85. The predicted molar refractivity (Wildman–Crippen MR) is 52.0 cm³/mol. The number of hydrogen-bond donors (Lipinski definition) is 1. The van der Waals surface area contributed by atoms with E-state index in [-0.39, 0.29) is 11.2 Å². The van der Waals surface area contributed by atoms with E-state index >= 15 is 0 Å². The fourth-order valence-corrected chi connectivity index (χ4v) is 0.836. The second kappa shape index (κ2) is 4.12. The van der Waals surface area contributed by atoms with Gasteiger partial charge in [0.25, 0.3) is 0 Å². The van der Waals surface area contributed by atoms with Crippen molar-refractivity contribution >= 4 is 6.09 Å². The molecular weight excluding hydrogens is 198 g/mol. The summed E-state index contributed by atoms with van der Waals surface area (Å²) in [5.41, 5.74) is 4.58. The van der Waals surface area contributed by atoms with Crippen molar-refractivity contribution in [3.8, 4) is 5.75 Å². The van der Waals surface area contributed by atoms with Crippen molar-refractivity contribution in [2.24, 2.45) is 5.73 Å². The van der Waals surface area contributed by atoms with E-state index in [1.165, 1.54) is 12.4 Å². The number of hydrogen-bond acceptors (Lipinski definition) is 5. The van der Waals surface area contributed by atoms with Gasteiger partial charge in [0.15, 0.2) is 0 Å². The van der Waals surface area contributed by atoms with Crippen molar-refractivity contribution < 1.29 is 14.6 Å². The molecule has 0 aromatic carbocycles. The summed E-state index contributed by atoms with van der Waals surface area (Å²) in [7, 11) is 0. The molecule has 1 amide bonds. The number of nitrogens with two attached hydrogens (primary N) is 1. The lowest BCUT2D eigenvalue weighted by Gasteiger charge is -2.15. The number of primary amides is 1. The quantitative estimate of drug-likeness (QED) is 0.585. The first-order valence-corrected chi connectivity index (χ1v) is 4.36. The smallest absolute Gasteiger partial charge is 0.332 e. The van der Waals surface area contributed by atoms with Gasteiger partial charge in [-0.05, 0) is 0 Å². The maximum absolute atomic E-state index is 10.2. The molecule has 0 aliphatic carbocycles. The summed E-state index contributed by atoms with van der Waals surface area (Å²) >= 11 is 0. The number of aromatic nitrogens is 2. The Hall–Kier alpha value is -1.85. The molecule has 1 heterocycles. The Morgan fingerprint density at radius 2 is 1.87 bits per heavy atom. The predicted octanol–water partition coefficient (Wildman–Crippen LogP) is 1.16. The normalized spacial score (nSPS) is 10.9. The van der Waals surface area contributed by atoms with Gasteiger partial charge in [0.1, 0.15) is 5.82 Å². The molecule has 0 saturated carbocycles. The third kappa shape index (κ3) is 3.41. The molecule has 2 N–H and O–H groups in total. The molecule has 0 fully saturated rings. The van der Waals surface area contributed by atoms with Gasteiger partial charge in [0.2, 0.25) is 5.75 Å². The molecule has 1 aromatic rings. The van der Waals surface area contributed by atoms with Crippen molar-refractivity contribution in [3.63, 3.8) is 0 Å². The molecule has 0 spiro atoms. The van der Waals surface area contributed by atoms with Gasteiger partial charge in [-0.25, -0.2) is 19.7 Å². The summed E-state index contributed by atoms with van der Waals surface area (Å²) in [5.74, 6) is 0.899. The molecule has 0 radical (unpaired) electrons. The maximum atomic E-state index is 10.2. The third-order valence-electron chi connectivity index (χ3n) is 1.52. The van der Waals surface area contributed by atoms with Crippen LogP contribution in [0.15, 0.2) is 12.4 Å². The maximum Gasteiger partial charge on any atom is 0.447 e. The van der Waals surface area contributed by atoms with Gasteiger partial charge < -0.3 is 5.73 Å². The zero-order valence-corrected chi connectivity index (χ0v) is 8.85. The van der Waals surface area contributed by atoms with Crippen LogP contribution in [0, 0.1) is 0 Å². The van der Waals surface area contributed by atoms with E-state index in [1.807, 2.05) is 20.8 Å². The zero-order chi connectivity index (χ0) is 11.5. The van der Waals surface area contributed by atoms with Gasteiger partial charge in [0, 0.05) is 5.41 Å². The van der Waals surface area contributed by atoms with Gasteiger partial charge in [-0.3, -0.25) is 4.89 Å². The van der Waals surface area contributed by atoms with Crippen molar-refractivity contribution in [3.05, 3.63) is 18.2 Å². The van der Waals surface area contributed by atoms with E-state index in [4.69, 9.17) is 5.73 Å². The average Bonchev–Trinajstić information content (AvgIpc) is 2.14. The van der Waals surface area contributed by atoms with E-state index in [1.54, 1.807) is 0 Å². The highest BCUT2D eigenvalue weighted by atomic mass is 17.2. The highest BCUT2D eigenvalue weighted by Gasteiger charge is 2.16. The molecule has 0 aliphatic heterocycles. The molecule has 0 bridgehead atoms. The molecule has 0 saturated heterocycles. The van der Waals surface area contributed by atoms with E-state index in [2.05, 4.69) is 19.7 Å². The summed E-state index contributed by atoms with van der Waals surface area (Å²) in [4.78, 5) is 27.0. The van der Waals surface area contributed by atoms with E-state index in [0.717, 1.165) is 0 Å². The van der Waals surface area contributed by atoms with Crippen LogP contribution in [0.3, 0.4) is 0 Å². The summed E-state index contributed by atoms with van der Waals surface area (Å²) in [6.45, 7) is 5.97. The lowest BCUT2D eigenvalue weighted by molar-refractivity contribution is -0.139. The highest BCUT2D eigenvalue weighted by molar-refractivity contribution is 5.63. The Bertz CT molecular complexity index is 343.